The molecule has 0 aromatic carbocycles. The van der Waals surface area contributed by atoms with Gasteiger partial charge >= 0.3 is 5.82 Å². The lowest BCUT2D eigenvalue weighted by molar-refractivity contribution is -0.427. The molecule has 4 atom stereocenters. The summed E-state index contributed by atoms with van der Waals surface area (Å²) < 4.78 is 5.05. The summed E-state index contributed by atoms with van der Waals surface area (Å²) in [5.41, 5.74) is 9.20. The van der Waals surface area contributed by atoms with Gasteiger partial charge in [-0.25, -0.2) is 10.9 Å². The van der Waals surface area contributed by atoms with Gasteiger partial charge in [0.2, 0.25) is 0 Å². The first-order valence-electron chi connectivity index (χ1n) is 6.24. The number of ether oxygens (including phenoxy) is 1. The average molecular weight is 334 g/mol. The summed E-state index contributed by atoms with van der Waals surface area (Å²) in [5.74, 6) is 3.38. The van der Waals surface area contributed by atoms with E-state index in [-0.39, 0.29) is 0 Å². The quantitative estimate of drug-likeness (QED) is 0.0929. The summed E-state index contributed by atoms with van der Waals surface area (Å²) in [4.78, 5) is 25.3. The Kier molecular flexibility index (Phi) is 5.94. The molecule has 0 bridgehead atoms. The molecule has 0 aromatic heterocycles. The molecule has 0 aromatic rings. The number of rotatable bonds is 5. The van der Waals surface area contributed by atoms with Crippen molar-refractivity contribution >= 4 is 11.6 Å². The maximum Gasteiger partial charge on any atom is 0.339 e. The van der Waals surface area contributed by atoms with Crippen LogP contribution in [-0.4, -0.2) is 75.1 Å². The SMILES string of the molecule is CN=C(C(=O)N(N)C1OC(CO)C(O)C1O)C(N)=C(N)[N+](=O)[O-]. The number of aliphatic hydroxyl groups is 3. The molecular weight excluding hydrogens is 316 g/mol. The van der Waals surface area contributed by atoms with Gasteiger partial charge in [0.05, 0.1) is 6.61 Å². The van der Waals surface area contributed by atoms with Gasteiger partial charge in [0.15, 0.2) is 17.6 Å². The number of nitrogens with zero attached hydrogens (tertiary/aromatic N) is 3. The first kappa shape index (κ1) is 18.7. The number of nitrogens with two attached hydrogens (primary N) is 3. The molecular formula is C10H18N6O7. The van der Waals surface area contributed by atoms with Crippen LogP contribution in [0.25, 0.3) is 0 Å². The first-order valence-corrected chi connectivity index (χ1v) is 6.24. The lowest BCUT2D eigenvalue weighted by atomic mass is 10.1. The van der Waals surface area contributed by atoms with Gasteiger partial charge in [-0.3, -0.25) is 15.5 Å². The van der Waals surface area contributed by atoms with Crippen molar-refractivity contribution < 1.29 is 29.8 Å². The molecule has 0 radical (unpaired) electrons. The van der Waals surface area contributed by atoms with Crippen LogP contribution in [0.2, 0.25) is 0 Å². The molecule has 13 heteroatoms. The zero-order valence-corrected chi connectivity index (χ0v) is 12.1. The van der Waals surface area contributed by atoms with Crippen LogP contribution in [0.15, 0.2) is 16.5 Å². The number of carbonyl (C=O) groups excluding carboxylic acids is 1. The molecule has 23 heavy (non-hydrogen) atoms. The fourth-order valence-electron chi connectivity index (χ4n) is 1.90. The standard InChI is InChI=1S/C10H18N6O7/c1-14-5(4(11)8(12)16(21)22)9(20)15(13)10-7(19)6(18)3(2-17)23-10/h3,6-7,10,17-19H,2,11-13H2,1H3. The predicted octanol–water partition coefficient (Wildman–Crippen LogP) is -4.44. The summed E-state index contributed by atoms with van der Waals surface area (Å²) in [6.45, 7) is -0.623. The van der Waals surface area contributed by atoms with E-state index in [0.717, 1.165) is 7.05 Å². The highest BCUT2D eigenvalue weighted by Crippen LogP contribution is 2.22. The second kappa shape index (κ2) is 7.30. The molecule has 1 heterocycles. The second-order valence-electron chi connectivity index (χ2n) is 4.57. The zero-order valence-electron chi connectivity index (χ0n) is 12.1. The molecule has 1 saturated heterocycles. The minimum absolute atomic E-state index is 0.353. The van der Waals surface area contributed by atoms with E-state index < -0.39 is 59.2 Å². The van der Waals surface area contributed by atoms with Crippen molar-refractivity contribution in [2.24, 2.45) is 22.3 Å². The highest BCUT2D eigenvalue weighted by Gasteiger charge is 2.46. The van der Waals surface area contributed by atoms with Gasteiger partial charge in [0.1, 0.15) is 18.3 Å². The molecule has 13 nitrogen and oxygen atoms in total. The monoisotopic (exact) mass is 334 g/mol. The molecule has 9 N–H and O–H groups in total. The third-order valence-electron chi connectivity index (χ3n) is 3.18. The molecule has 1 amide bonds. The molecule has 1 fully saturated rings. The van der Waals surface area contributed by atoms with Crippen molar-refractivity contribution in [2.75, 3.05) is 13.7 Å². The van der Waals surface area contributed by atoms with Crippen LogP contribution in [0.4, 0.5) is 0 Å². The summed E-state index contributed by atoms with van der Waals surface area (Å²) in [6, 6.07) is 0. The number of nitro groups is 1. The van der Waals surface area contributed by atoms with Gasteiger partial charge in [0.25, 0.3) is 5.91 Å². The Balaban J connectivity index is 3.04. The molecule has 0 spiro atoms. The van der Waals surface area contributed by atoms with E-state index in [4.69, 9.17) is 27.2 Å². The van der Waals surface area contributed by atoms with Crippen LogP contribution in [0.1, 0.15) is 0 Å². The zero-order chi connectivity index (χ0) is 17.9. The van der Waals surface area contributed by atoms with Crippen molar-refractivity contribution in [3.63, 3.8) is 0 Å². The lowest BCUT2D eigenvalue weighted by Crippen LogP contribution is -2.54. The Morgan fingerprint density at radius 3 is 2.35 bits per heavy atom. The second-order valence-corrected chi connectivity index (χ2v) is 4.57. The van der Waals surface area contributed by atoms with Crippen LogP contribution < -0.4 is 17.3 Å². The summed E-state index contributed by atoms with van der Waals surface area (Å²) in [5, 5.41) is 39.3. The molecule has 0 saturated carbocycles. The molecule has 4 unspecified atom stereocenters. The van der Waals surface area contributed by atoms with Crippen LogP contribution in [0, 0.1) is 10.1 Å². The summed E-state index contributed by atoms with van der Waals surface area (Å²) in [6.07, 6.45) is -5.77. The van der Waals surface area contributed by atoms with Gasteiger partial charge in [-0.15, -0.1) is 0 Å². The summed E-state index contributed by atoms with van der Waals surface area (Å²) in [7, 11) is 1.12. The van der Waals surface area contributed by atoms with E-state index in [9.17, 15) is 25.1 Å². The van der Waals surface area contributed by atoms with E-state index >= 15 is 0 Å². The van der Waals surface area contributed by atoms with E-state index in [1.54, 1.807) is 0 Å². The van der Waals surface area contributed by atoms with Gasteiger partial charge in [-0.05, 0) is 4.92 Å². The minimum atomic E-state index is -1.61. The fourth-order valence-corrected chi connectivity index (χ4v) is 1.90. The smallest absolute Gasteiger partial charge is 0.339 e. The minimum Gasteiger partial charge on any atom is -0.394 e. The van der Waals surface area contributed by atoms with E-state index in [1.165, 1.54) is 0 Å². The molecule has 1 aliphatic heterocycles. The average Bonchev–Trinajstić information content (AvgIpc) is 2.81. The Labute approximate surface area is 129 Å². The molecule has 1 aliphatic rings. The highest BCUT2D eigenvalue weighted by molar-refractivity contribution is 6.44. The van der Waals surface area contributed by atoms with Crippen LogP contribution in [0.3, 0.4) is 0 Å². The van der Waals surface area contributed by atoms with E-state index in [1.807, 2.05) is 0 Å². The molecule has 1 rings (SSSR count). The molecule has 130 valence electrons. The van der Waals surface area contributed by atoms with Gasteiger partial charge in [-0.2, -0.15) is 0 Å². The Bertz CT molecular complexity index is 550. The topological polar surface area (TPSA) is 224 Å². The largest absolute Gasteiger partial charge is 0.394 e. The van der Waals surface area contributed by atoms with Gasteiger partial charge in [0, 0.05) is 7.05 Å². The van der Waals surface area contributed by atoms with Crippen LogP contribution in [0.5, 0.6) is 0 Å². The van der Waals surface area contributed by atoms with E-state index in [0.29, 0.717) is 5.01 Å². The Hall–Kier alpha value is -2.32. The first-order chi connectivity index (χ1) is 10.7. The van der Waals surface area contributed by atoms with Crippen molar-refractivity contribution in [1.82, 2.24) is 5.01 Å². The number of amides is 1. The number of carbonyl (C=O) groups is 1. The number of hydrogen-bond donors (Lipinski definition) is 6. The highest BCUT2D eigenvalue weighted by atomic mass is 16.6. The fraction of sp³-hybridized carbons (Fsp3) is 0.600. The maximum atomic E-state index is 12.2. The van der Waals surface area contributed by atoms with Crippen molar-refractivity contribution in [3.8, 4) is 0 Å². The van der Waals surface area contributed by atoms with E-state index in [2.05, 4.69) is 4.99 Å². The van der Waals surface area contributed by atoms with Crippen molar-refractivity contribution in [1.29, 1.82) is 0 Å². The lowest BCUT2D eigenvalue weighted by Gasteiger charge is -2.26. The number of aliphatic hydroxyl groups excluding tert-OH is 3. The number of hydrogen-bond acceptors (Lipinski definition) is 11. The number of aliphatic imine (C=N–C) groups is 1. The number of hydrazine groups is 1. The van der Waals surface area contributed by atoms with Crippen LogP contribution >= 0.6 is 0 Å². The third-order valence-corrected chi connectivity index (χ3v) is 3.18. The van der Waals surface area contributed by atoms with Gasteiger partial charge < -0.3 is 35.9 Å². The normalized spacial score (nSPS) is 29.2. The predicted molar refractivity (Wildman–Crippen MR) is 74.5 cm³/mol. The van der Waals surface area contributed by atoms with Crippen molar-refractivity contribution in [2.45, 2.75) is 24.5 Å². The van der Waals surface area contributed by atoms with Gasteiger partial charge in [-0.1, -0.05) is 0 Å². The maximum absolute atomic E-state index is 12.2. The third kappa shape index (κ3) is 3.54. The van der Waals surface area contributed by atoms with Crippen LogP contribution in [-0.2, 0) is 9.53 Å². The molecule has 0 aliphatic carbocycles. The van der Waals surface area contributed by atoms with Crippen molar-refractivity contribution in [3.05, 3.63) is 21.6 Å². The summed E-state index contributed by atoms with van der Waals surface area (Å²) >= 11 is 0. The Morgan fingerprint density at radius 1 is 1.39 bits per heavy atom. The Morgan fingerprint density at radius 2 is 1.96 bits per heavy atom.